The molecular weight excluding hydrogens is 245 g/mol. The zero-order valence-corrected chi connectivity index (χ0v) is 10.7. The van der Waals surface area contributed by atoms with Crippen LogP contribution in [-0.4, -0.2) is 12.2 Å². The lowest BCUT2D eigenvalue weighted by molar-refractivity contribution is 0.369. The Bertz CT molecular complexity index is 558. The number of hydrogen-bond donors (Lipinski definition) is 2. The highest BCUT2D eigenvalue weighted by atomic mass is 19.1. The summed E-state index contributed by atoms with van der Waals surface area (Å²) in [6.45, 7) is 0.848. The monoisotopic (exact) mass is 261 g/mol. The minimum Gasteiger partial charge on any atom is -0.504 e. The van der Waals surface area contributed by atoms with E-state index in [0.29, 0.717) is 24.4 Å². The molecule has 0 saturated carbocycles. The van der Waals surface area contributed by atoms with Gasteiger partial charge in [0.2, 0.25) is 0 Å². The average molecular weight is 261 g/mol. The number of halogens is 1. The molecule has 0 radical (unpaired) electrons. The first-order valence-electron chi connectivity index (χ1n) is 6.01. The van der Waals surface area contributed by atoms with Crippen LogP contribution >= 0.6 is 0 Å². The quantitative estimate of drug-likeness (QED) is 0.869. The predicted molar refractivity (Wildman–Crippen MR) is 71.6 cm³/mol. The summed E-state index contributed by atoms with van der Waals surface area (Å²) in [7, 11) is 1.51. The third-order valence-electron chi connectivity index (χ3n) is 2.89. The zero-order chi connectivity index (χ0) is 13.7. The van der Waals surface area contributed by atoms with E-state index in [1.807, 2.05) is 0 Å². The maximum absolute atomic E-state index is 13.4. The van der Waals surface area contributed by atoms with Crippen molar-refractivity contribution in [2.45, 2.75) is 13.1 Å². The summed E-state index contributed by atoms with van der Waals surface area (Å²) in [4.78, 5) is 0. The number of benzene rings is 2. The Balaban J connectivity index is 1.98. The number of aromatic hydroxyl groups is 1. The van der Waals surface area contributed by atoms with E-state index in [-0.39, 0.29) is 11.6 Å². The summed E-state index contributed by atoms with van der Waals surface area (Å²) < 4.78 is 18.4. The zero-order valence-electron chi connectivity index (χ0n) is 10.7. The molecule has 2 rings (SSSR count). The Morgan fingerprint density at radius 2 is 1.74 bits per heavy atom. The minimum absolute atomic E-state index is 0.117. The molecule has 0 unspecified atom stereocenters. The highest BCUT2D eigenvalue weighted by Gasteiger charge is 2.07. The van der Waals surface area contributed by atoms with Gasteiger partial charge in [0, 0.05) is 24.2 Å². The van der Waals surface area contributed by atoms with Crippen LogP contribution in [0, 0.1) is 5.82 Å². The smallest absolute Gasteiger partial charge is 0.162 e. The van der Waals surface area contributed by atoms with Crippen LogP contribution in [0.3, 0.4) is 0 Å². The normalized spacial score (nSPS) is 10.4. The Hall–Kier alpha value is -2.07. The molecule has 19 heavy (non-hydrogen) atoms. The van der Waals surface area contributed by atoms with Crippen molar-refractivity contribution in [2.24, 2.45) is 0 Å². The molecule has 0 saturated heterocycles. The van der Waals surface area contributed by atoms with Crippen LogP contribution in [0.25, 0.3) is 0 Å². The second kappa shape index (κ2) is 6.20. The molecule has 0 atom stereocenters. The van der Waals surface area contributed by atoms with Crippen molar-refractivity contribution in [3.05, 3.63) is 59.4 Å². The van der Waals surface area contributed by atoms with E-state index in [9.17, 15) is 9.50 Å². The first kappa shape index (κ1) is 13.4. The number of phenolic OH excluding ortho intramolecular Hbond substituents is 1. The molecule has 2 aromatic carbocycles. The maximum Gasteiger partial charge on any atom is 0.162 e. The molecule has 0 amide bonds. The van der Waals surface area contributed by atoms with Gasteiger partial charge in [-0.1, -0.05) is 30.3 Å². The second-order valence-corrected chi connectivity index (χ2v) is 4.16. The largest absolute Gasteiger partial charge is 0.504 e. The topological polar surface area (TPSA) is 41.5 Å². The Morgan fingerprint density at radius 3 is 2.47 bits per heavy atom. The van der Waals surface area contributed by atoms with Crippen molar-refractivity contribution in [1.29, 1.82) is 0 Å². The van der Waals surface area contributed by atoms with Gasteiger partial charge in [-0.25, -0.2) is 4.39 Å². The molecule has 0 bridgehead atoms. The summed E-state index contributed by atoms with van der Waals surface area (Å²) in [5.41, 5.74) is 1.32. The van der Waals surface area contributed by atoms with Gasteiger partial charge in [0.25, 0.3) is 0 Å². The minimum atomic E-state index is -0.232. The number of nitrogens with one attached hydrogen (secondary N) is 1. The van der Waals surface area contributed by atoms with Crippen molar-refractivity contribution >= 4 is 0 Å². The molecule has 100 valence electrons. The Labute approximate surface area is 111 Å². The van der Waals surface area contributed by atoms with Gasteiger partial charge >= 0.3 is 0 Å². The number of para-hydroxylation sites is 1. The molecule has 0 fully saturated rings. The van der Waals surface area contributed by atoms with Gasteiger partial charge in [0.1, 0.15) is 5.82 Å². The lowest BCUT2D eigenvalue weighted by Gasteiger charge is -2.10. The highest BCUT2D eigenvalue weighted by Crippen LogP contribution is 2.29. The molecular formula is C15H16FNO2. The molecule has 3 nitrogen and oxygen atoms in total. The Morgan fingerprint density at radius 1 is 1.05 bits per heavy atom. The number of methoxy groups -OCH3 is 1. The van der Waals surface area contributed by atoms with E-state index in [1.54, 1.807) is 36.4 Å². The molecule has 2 aromatic rings. The fourth-order valence-electron chi connectivity index (χ4n) is 1.85. The molecule has 0 spiro atoms. The van der Waals surface area contributed by atoms with Gasteiger partial charge in [-0.2, -0.15) is 0 Å². The molecule has 0 aliphatic rings. The van der Waals surface area contributed by atoms with Crippen LogP contribution in [0.15, 0.2) is 42.5 Å². The third-order valence-corrected chi connectivity index (χ3v) is 2.89. The molecule has 0 aliphatic carbocycles. The first-order valence-corrected chi connectivity index (χ1v) is 6.01. The molecule has 0 heterocycles. The molecule has 4 heteroatoms. The lowest BCUT2D eigenvalue weighted by atomic mass is 10.1. The van der Waals surface area contributed by atoms with E-state index in [1.165, 1.54) is 13.2 Å². The Kier molecular flexibility index (Phi) is 4.36. The van der Waals surface area contributed by atoms with Crippen LogP contribution < -0.4 is 10.1 Å². The number of hydrogen-bond acceptors (Lipinski definition) is 3. The van der Waals surface area contributed by atoms with Crippen LogP contribution in [0.5, 0.6) is 11.5 Å². The summed E-state index contributed by atoms with van der Waals surface area (Å²) in [6, 6.07) is 11.9. The number of ether oxygens (including phenoxy) is 1. The van der Waals surface area contributed by atoms with Gasteiger partial charge in [-0.15, -0.1) is 0 Å². The van der Waals surface area contributed by atoms with Gasteiger partial charge in [0.05, 0.1) is 7.11 Å². The van der Waals surface area contributed by atoms with Crippen LogP contribution in [0.2, 0.25) is 0 Å². The number of phenols is 1. The summed E-state index contributed by atoms with van der Waals surface area (Å²) in [5.74, 6) is 0.320. The summed E-state index contributed by atoms with van der Waals surface area (Å²) >= 11 is 0. The summed E-state index contributed by atoms with van der Waals surface area (Å²) in [6.07, 6.45) is 0. The van der Waals surface area contributed by atoms with Gasteiger partial charge in [-0.3, -0.25) is 0 Å². The van der Waals surface area contributed by atoms with E-state index in [0.717, 1.165) is 5.56 Å². The number of rotatable bonds is 5. The van der Waals surface area contributed by atoms with E-state index < -0.39 is 0 Å². The maximum atomic E-state index is 13.4. The molecule has 2 N–H and O–H groups in total. The SMILES string of the molecule is COc1cccc(CNCc2ccccc2F)c1O. The fraction of sp³-hybridized carbons (Fsp3) is 0.200. The van der Waals surface area contributed by atoms with Crippen molar-refractivity contribution in [3.8, 4) is 11.5 Å². The molecule has 0 aliphatic heterocycles. The van der Waals surface area contributed by atoms with Gasteiger partial charge < -0.3 is 15.2 Å². The predicted octanol–water partition coefficient (Wildman–Crippen LogP) is 2.83. The summed E-state index contributed by atoms with van der Waals surface area (Å²) in [5, 5.41) is 13.0. The lowest BCUT2D eigenvalue weighted by Crippen LogP contribution is -2.13. The van der Waals surface area contributed by atoms with Gasteiger partial charge in [-0.05, 0) is 12.1 Å². The van der Waals surface area contributed by atoms with Crippen molar-refractivity contribution in [3.63, 3.8) is 0 Å². The van der Waals surface area contributed by atoms with Crippen LogP contribution in [0.1, 0.15) is 11.1 Å². The van der Waals surface area contributed by atoms with Crippen molar-refractivity contribution in [1.82, 2.24) is 5.32 Å². The van der Waals surface area contributed by atoms with Crippen molar-refractivity contribution < 1.29 is 14.2 Å². The third kappa shape index (κ3) is 3.23. The molecule has 0 aromatic heterocycles. The first-order chi connectivity index (χ1) is 9.22. The van der Waals surface area contributed by atoms with Crippen molar-refractivity contribution in [2.75, 3.05) is 7.11 Å². The van der Waals surface area contributed by atoms with Crippen LogP contribution in [0.4, 0.5) is 4.39 Å². The fourth-order valence-corrected chi connectivity index (χ4v) is 1.85. The van der Waals surface area contributed by atoms with E-state index >= 15 is 0 Å². The van der Waals surface area contributed by atoms with E-state index in [4.69, 9.17) is 4.74 Å². The average Bonchev–Trinajstić information content (AvgIpc) is 2.43. The van der Waals surface area contributed by atoms with E-state index in [2.05, 4.69) is 5.32 Å². The van der Waals surface area contributed by atoms with Gasteiger partial charge in [0.15, 0.2) is 11.5 Å². The van der Waals surface area contributed by atoms with Crippen LogP contribution in [-0.2, 0) is 13.1 Å². The highest BCUT2D eigenvalue weighted by molar-refractivity contribution is 5.45. The standard InChI is InChI=1S/C15H16FNO2/c1-19-14-8-4-6-12(15(14)18)10-17-9-11-5-2-3-7-13(11)16/h2-8,17-18H,9-10H2,1H3. The second-order valence-electron chi connectivity index (χ2n) is 4.16.